The standard InChI is InChI=1S/C18H13ClFN3O/c19-15-3-1-2-13(8-15)17(24)14-10-22-18(23-11-14)21-9-12-4-6-16(20)7-5-12/h1-8,10-11H,9H2,(H,21,22,23). The smallest absolute Gasteiger partial charge is 0.222 e. The summed E-state index contributed by atoms with van der Waals surface area (Å²) in [5, 5.41) is 3.52. The number of carbonyl (C=O) groups is 1. The first kappa shape index (κ1) is 16.1. The van der Waals surface area contributed by atoms with Crippen LogP contribution in [0.15, 0.2) is 60.9 Å². The minimum Gasteiger partial charge on any atom is -0.350 e. The minimum absolute atomic E-state index is 0.192. The van der Waals surface area contributed by atoms with Crippen molar-refractivity contribution >= 4 is 23.3 Å². The number of halogens is 2. The van der Waals surface area contributed by atoms with Crippen molar-refractivity contribution in [3.8, 4) is 0 Å². The van der Waals surface area contributed by atoms with E-state index in [9.17, 15) is 9.18 Å². The molecule has 0 spiro atoms. The van der Waals surface area contributed by atoms with Gasteiger partial charge in [-0.05, 0) is 29.8 Å². The van der Waals surface area contributed by atoms with Crippen LogP contribution >= 0.6 is 11.6 Å². The summed E-state index contributed by atoms with van der Waals surface area (Å²) in [4.78, 5) is 20.6. The maximum atomic E-state index is 12.8. The summed E-state index contributed by atoms with van der Waals surface area (Å²) in [7, 11) is 0. The van der Waals surface area contributed by atoms with E-state index in [0.717, 1.165) is 5.56 Å². The lowest BCUT2D eigenvalue weighted by Crippen LogP contribution is -2.07. The molecule has 0 fully saturated rings. The van der Waals surface area contributed by atoms with E-state index in [-0.39, 0.29) is 11.6 Å². The van der Waals surface area contributed by atoms with E-state index in [2.05, 4.69) is 15.3 Å². The molecule has 1 aromatic heterocycles. The maximum absolute atomic E-state index is 12.8. The monoisotopic (exact) mass is 341 g/mol. The molecule has 0 unspecified atom stereocenters. The number of nitrogens with zero attached hydrogens (tertiary/aromatic N) is 2. The summed E-state index contributed by atoms with van der Waals surface area (Å²) in [5.74, 6) is -0.0802. The van der Waals surface area contributed by atoms with Crippen molar-refractivity contribution < 1.29 is 9.18 Å². The van der Waals surface area contributed by atoms with Gasteiger partial charge in [-0.15, -0.1) is 0 Å². The normalized spacial score (nSPS) is 10.4. The number of anilines is 1. The third kappa shape index (κ3) is 3.94. The fourth-order valence-corrected chi connectivity index (χ4v) is 2.31. The van der Waals surface area contributed by atoms with Gasteiger partial charge in [-0.3, -0.25) is 4.79 Å². The molecule has 1 heterocycles. The Morgan fingerprint density at radius 2 is 1.75 bits per heavy atom. The molecular formula is C18H13ClFN3O. The van der Waals surface area contributed by atoms with Gasteiger partial charge in [-0.1, -0.05) is 35.9 Å². The third-order valence-electron chi connectivity index (χ3n) is 3.36. The van der Waals surface area contributed by atoms with Gasteiger partial charge in [0.15, 0.2) is 5.78 Å². The molecule has 2 aromatic carbocycles. The van der Waals surface area contributed by atoms with Crippen molar-refractivity contribution in [2.24, 2.45) is 0 Å². The molecule has 0 aliphatic carbocycles. The Labute approximate surface area is 143 Å². The van der Waals surface area contributed by atoms with Gasteiger partial charge in [-0.2, -0.15) is 0 Å². The second kappa shape index (κ2) is 7.19. The average molecular weight is 342 g/mol. The molecule has 0 bridgehead atoms. The van der Waals surface area contributed by atoms with Gasteiger partial charge in [0.1, 0.15) is 5.82 Å². The van der Waals surface area contributed by atoms with Crippen molar-refractivity contribution in [2.45, 2.75) is 6.54 Å². The number of carbonyl (C=O) groups excluding carboxylic acids is 1. The fourth-order valence-electron chi connectivity index (χ4n) is 2.12. The Morgan fingerprint density at radius 1 is 1.04 bits per heavy atom. The van der Waals surface area contributed by atoms with Gasteiger partial charge in [0.05, 0.1) is 5.56 Å². The van der Waals surface area contributed by atoms with Gasteiger partial charge in [0.2, 0.25) is 5.95 Å². The molecule has 3 aromatic rings. The molecule has 6 heteroatoms. The molecule has 0 aliphatic heterocycles. The highest BCUT2D eigenvalue weighted by Crippen LogP contribution is 2.15. The lowest BCUT2D eigenvalue weighted by Gasteiger charge is -2.06. The number of benzene rings is 2. The third-order valence-corrected chi connectivity index (χ3v) is 3.60. The van der Waals surface area contributed by atoms with Crippen molar-refractivity contribution in [1.82, 2.24) is 9.97 Å². The van der Waals surface area contributed by atoms with Gasteiger partial charge in [0.25, 0.3) is 0 Å². The van der Waals surface area contributed by atoms with Crippen LogP contribution in [0.2, 0.25) is 5.02 Å². The van der Waals surface area contributed by atoms with E-state index in [1.165, 1.54) is 24.5 Å². The van der Waals surface area contributed by atoms with E-state index < -0.39 is 0 Å². The van der Waals surface area contributed by atoms with Crippen molar-refractivity contribution in [3.05, 3.63) is 88.5 Å². The van der Waals surface area contributed by atoms with Crippen molar-refractivity contribution in [1.29, 1.82) is 0 Å². The molecule has 4 nitrogen and oxygen atoms in total. The lowest BCUT2D eigenvalue weighted by molar-refractivity contribution is 0.103. The zero-order valence-electron chi connectivity index (χ0n) is 12.5. The SMILES string of the molecule is O=C(c1cnc(NCc2ccc(F)cc2)nc1)c1cccc(Cl)c1. The largest absolute Gasteiger partial charge is 0.350 e. The second-order valence-electron chi connectivity index (χ2n) is 5.11. The highest BCUT2D eigenvalue weighted by molar-refractivity contribution is 6.31. The van der Waals surface area contributed by atoms with E-state index in [0.29, 0.717) is 28.6 Å². The molecule has 3 rings (SSSR count). The predicted molar refractivity (Wildman–Crippen MR) is 90.6 cm³/mol. The Bertz CT molecular complexity index is 851. The molecule has 0 aliphatic rings. The first-order chi connectivity index (χ1) is 11.6. The number of hydrogen-bond donors (Lipinski definition) is 1. The van der Waals surface area contributed by atoms with Gasteiger partial charge in [-0.25, -0.2) is 14.4 Å². The molecule has 24 heavy (non-hydrogen) atoms. The van der Waals surface area contributed by atoms with Crippen LogP contribution in [-0.2, 0) is 6.54 Å². The maximum Gasteiger partial charge on any atom is 0.222 e. The number of nitrogens with one attached hydrogen (secondary N) is 1. The lowest BCUT2D eigenvalue weighted by atomic mass is 10.1. The molecule has 1 N–H and O–H groups in total. The Balaban J connectivity index is 1.66. The van der Waals surface area contributed by atoms with E-state index >= 15 is 0 Å². The van der Waals surface area contributed by atoms with E-state index in [4.69, 9.17) is 11.6 Å². The molecular weight excluding hydrogens is 329 g/mol. The van der Waals surface area contributed by atoms with Crippen LogP contribution < -0.4 is 5.32 Å². The molecule has 0 radical (unpaired) electrons. The van der Waals surface area contributed by atoms with Crippen molar-refractivity contribution in [3.63, 3.8) is 0 Å². The molecule has 0 saturated carbocycles. The number of ketones is 1. The van der Waals surface area contributed by atoms with Gasteiger partial charge < -0.3 is 5.32 Å². The summed E-state index contributed by atoms with van der Waals surface area (Å²) >= 11 is 5.89. The Morgan fingerprint density at radius 3 is 2.42 bits per heavy atom. The molecule has 120 valence electrons. The summed E-state index contributed by atoms with van der Waals surface area (Å²) in [6, 6.07) is 12.9. The Kier molecular flexibility index (Phi) is 4.82. The summed E-state index contributed by atoms with van der Waals surface area (Å²) < 4.78 is 12.8. The topological polar surface area (TPSA) is 54.9 Å². The fraction of sp³-hybridized carbons (Fsp3) is 0.0556. The van der Waals surface area contributed by atoms with Gasteiger partial charge >= 0.3 is 0 Å². The number of hydrogen-bond acceptors (Lipinski definition) is 4. The van der Waals surface area contributed by atoms with Crippen molar-refractivity contribution in [2.75, 3.05) is 5.32 Å². The van der Waals surface area contributed by atoms with Crippen LogP contribution in [0, 0.1) is 5.82 Å². The number of aromatic nitrogens is 2. The highest BCUT2D eigenvalue weighted by atomic mass is 35.5. The zero-order chi connectivity index (χ0) is 16.9. The van der Waals surface area contributed by atoms with Crippen LogP contribution in [0.1, 0.15) is 21.5 Å². The second-order valence-corrected chi connectivity index (χ2v) is 5.55. The van der Waals surface area contributed by atoms with E-state index in [1.807, 2.05) is 0 Å². The molecule has 0 atom stereocenters. The van der Waals surface area contributed by atoms with Crippen LogP contribution in [0.25, 0.3) is 0 Å². The summed E-state index contributed by atoms with van der Waals surface area (Å²) in [6.45, 7) is 0.460. The highest BCUT2D eigenvalue weighted by Gasteiger charge is 2.10. The molecule has 0 saturated heterocycles. The average Bonchev–Trinajstić information content (AvgIpc) is 2.61. The Hall–Kier alpha value is -2.79. The van der Waals surface area contributed by atoms with E-state index in [1.54, 1.807) is 36.4 Å². The number of rotatable bonds is 5. The van der Waals surface area contributed by atoms with Crippen LogP contribution in [0.5, 0.6) is 0 Å². The quantitative estimate of drug-likeness (QED) is 0.709. The summed E-state index contributed by atoms with van der Waals surface area (Å²) in [5.41, 5.74) is 1.77. The van der Waals surface area contributed by atoms with Crippen LogP contribution in [0.3, 0.4) is 0 Å². The van der Waals surface area contributed by atoms with Crippen LogP contribution in [0.4, 0.5) is 10.3 Å². The van der Waals surface area contributed by atoms with Crippen LogP contribution in [-0.4, -0.2) is 15.8 Å². The first-order valence-electron chi connectivity index (χ1n) is 7.22. The predicted octanol–water partition coefficient (Wildman–Crippen LogP) is 4.11. The zero-order valence-corrected chi connectivity index (χ0v) is 13.3. The summed E-state index contributed by atoms with van der Waals surface area (Å²) in [6.07, 6.45) is 2.92. The first-order valence-corrected chi connectivity index (χ1v) is 7.60. The minimum atomic E-state index is -0.279. The molecule has 0 amide bonds. The van der Waals surface area contributed by atoms with Gasteiger partial charge in [0, 0.05) is 29.5 Å².